The van der Waals surface area contributed by atoms with Crippen LogP contribution in [-0.2, 0) is 0 Å². The molecule has 0 saturated carbocycles. The van der Waals surface area contributed by atoms with Crippen LogP contribution >= 0.6 is 11.6 Å². The second-order valence-corrected chi connectivity index (χ2v) is 3.03. The molecule has 0 N–H and O–H groups in total. The molecule has 0 saturated heterocycles. The molecule has 0 bridgehead atoms. The normalized spacial score (nSPS) is 11.0. The van der Waals surface area contributed by atoms with Crippen molar-refractivity contribution in [3.8, 4) is 11.3 Å². The van der Waals surface area contributed by atoms with Gasteiger partial charge in [-0.1, -0.05) is 29.8 Å². The van der Waals surface area contributed by atoms with E-state index in [0.29, 0.717) is 11.1 Å². The zero-order valence-corrected chi connectivity index (χ0v) is 7.62. The summed E-state index contributed by atoms with van der Waals surface area (Å²) in [6.07, 6.45) is 1.70. The van der Waals surface area contributed by atoms with Gasteiger partial charge in [0.15, 0.2) is 0 Å². The van der Waals surface area contributed by atoms with E-state index in [1.807, 2.05) is 30.3 Å². The maximum atomic E-state index is 7.76. The average Bonchev–Trinajstić information content (AvgIpc) is 2.23. The van der Waals surface area contributed by atoms with Gasteiger partial charge < -0.3 is 0 Å². The van der Waals surface area contributed by atoms with E-state index in [0.717, 1.165) is 11.3 Å². The van der Waals surface area contributed by atoms with E-state index < -0.39 is 0 Å². The average molecular weight is 191 g/mol. The topological polar surface area (TPSA) is 12.9 Å². The van der Waals surface area contributed by atoms with Gasteiger partial charge in [0.2, 0.25) is 0 Å². The second kappa shape index (κ2) is 3.58. The van der Waals surface area contributed by atoms with Crippen LogP contribution in [0.5, 0.6) is 0 Å². The molecule has 1 heterocycles. The Morgan fingerprint density at radius 2 is 2.08 bits per heavy atom. The van der Waals surface area contributed by atoms with Crippen molar-refractivity contribution in [3.05, 3.63) is 53.7 Å². The number of nitrogens with zero attached hydrogens (tertiary/aromatic N) is 1. The van der Waals surface area contributed by atoms with Crippen LogP contribution in [0.3, 0.4) is 0 Å². The summed E-state index contributed by atoms with van der Waals surface area (Å²) < 4.78 is 7.76. The van der Waals surface area contributed by atoms with Crippen molar-refractivity contribution in [1.82, 2.24) is 4.98 Å². The molecule has 0 aliphatic carbocycles. The van der Waals surface area contributed by atoms with Crippen molar-refractivity contribution >= 4 is 11.6 Å². The van der Waals surface area contributed by atoms with E-state index in [9.17, 15) is 0 Å². The molecule has 2 aromatic rings. The zero-order valence-electron chi connectivity index (χ0n) is 7.87. The molecule has 0 spiro atoms. The van der Waals surface area contributed by atoms with Gasteiger partial charge in [-0.25, -0.2) is 0 Å². The van der Waals surface area contributed by atoms with Gasteiger partial charge >= 0.3 is 0 Å². The largest absolute Gasteiger partial charge is 0.256 e. The fourth-order valence-electron chi connectivity index (χ4n) is 1.11. The van der Waals surface area contributed by atoms with E-state index >= 15 is 0 Å². The van der Waals surface area contributed by atoms with Crippen LogP contribution < -0.4 is 0 Å². The monoisotopic (exact) mass is 190 g/mol. The van der Waals surface area contributed by atoms with Gasteiger partial charge in [-0.2, -0.15) is 0 Å². The molecule has 0 atom stereocenters. The second-order valence-electron chi connectivity index (χ2n) is 2.63. The molecule has 0 aliphatic heterocycles. The number of hydrogen-bond donors (Lipinski definition) is 0. The molecule has 1 aromatic heterocycles. The summed E-state index contributed by atoms with van der Waals surface area (Å²) in [6.45, 7) is 0. The van der Waals surface area contributed by atoms with Gasteiger partial charge in [-0.15, -0.1) is 0 Å². The summed E-state index contributed by atoms with van der Waals surface area (Å²) in [6, 6.07) is 11.3. The Hall–Kier alpha value is -1.34. The minimum absolute atomic E-state index is 0.327. The van der Waals surface area contributed by atoms with Gasteiger partial charge in [-0.05, 0) is 24.2 Å². The standard InChI is InChI=1S/C11H8ClN/c12-10-5-3-4-9(8-10)11-6-1-2-7-13-11/h1-8H/i8D. The van der Waals surface area contributed by atoms with E-state index in [4.69, 9.17) is 13.0 Å². The van der Waals surface area contributed by atoms with Crippen molar-refractivity contribution < 1.29 is 1.37 Å². The molecule has 0 unspecified atom stereocenters. The Bertz CT molecular complexity index is 442. The number of hydrogen-bond acceptors (Lipinski definition) is 1. The maximum absolute atomic E-state index is 7.76. The third kappa shape index (κ3) is 1.87. The highest BCUT2D eigenvalue weighted by atomic mass is 35.5. The van der Waals surface area contributed by atoms with Crippen molar-refractivity contribution in [2.45, 2.75) is 0 Å². The predicted octanol–water partition coefficient (Wildman–Crippen LogP) is 3.40. The van der Waals surface area contributed by atoms with E-state index in [1.54, 1.807) is 12.3 Å². The smallest absolute Gasteiger partial charge is 0.0702 e. The van der Waals surface area contributed by atoms with Crippen LogP contribution in [0.4, 0.5) is 0 Å². The van der Waals surface area contributed by atoms with Crippen molar-refractivity contribution in [2.24, 2.45) is 0 Å². The van der Waals surface area contributed by atoms with Gasteiger partial charge in [0.05, 0.1) is 7.06 Å². The molecule has 0 fully saturated rings. The van der Waals surface area contributed by atoms with E-state index in [-0.39, 0.29) is 0 Å². The first-order valence-corrected chi connectivity index (χ1v) is 4.33. The Labute approximate surface area is 83.4 Å². The highest BCUT2D eigenvalue weighted by Crippen LogP contribution is 2.19. The SMILES string of the molecule is [2H]c1c(Cl)cccc1-c1ccccn1. The fraction of sp³-hybridized carbons (Fsp3) is 0. The quantitative estimate of drug-likeness (QED) is 0.672. The minimum Gasteiger partial charge on any atom is -0.256 e. The van der Waals surface area contributed by atoms with Crippen molar-refractivity contribution in [3.63, 3.8) is 0 Å². The van der Waals surface area contributed by atoms with Gasteiger partial charge in [0, 0.05) is 16.8 Å². The van der Waals surface area contributed by atoms with Crippen LogP contribution in [-0.4, -0.2) is 4.98 Å². The third-order valence-corrected chi connectivity index (χ3v) is 1.92. The summed E-state index contributed by atoms with van der Waals surface area (Å²) in [5, 5.41) is 0.452. The first-order chi connectivity index (χ1) is 6.79. The lowest BCUT2D eigenvalue weighted by Crippen LogP contribution is -1.80. The molecule has 2 heteroatoms. The highest BCUT2D eigenvalue weighted by Gasteiger charge is 1.97. The zero-order chi connectivity index (χ0) is 9.97. The molecular formula is C11H8ClN. The Balaban J connectivity index is 2.58. The number of benzene rings is 1. The van der Waals surface area contributed by atoms with Crippen LogP contribution in [0.1, 0.15) is 1.37 Å². The lowest BCUT2D eigenvalue weighted by molar-refractivity contribution is 1.33. The number of halogens is 1. The van der Waals surface area contributed by atoms with Gasteiger partial charge in [-0.3, -0.25) is 4.98 Å². The number of rotatable bonds is 1. The lowest BCUT2D eigenvalue weighted by atomic mass is 10.1. The molecule has 0 aliphatic rings. The molecule has 2 rings (SSSR count). The van der Waals surface area contributed by atoms with E-state index in [2.05, 4.69) is 4.98 Å². The predicted molar refractivity (Wildman–Crippen MR) is 54.7 cm³/mol. The van der Waals surface area contributed by atoms with Gasteiger partial charge in [0.25, 0.3) is 0 Å². The molecule has 13 heavy (non-hydrogen) atoms. The maximum Gasteiger partial charge on any atom is 0.0702 e. The summed E-state index contributed by atoms with van der Waals surface area (Å²) >= 11 is 5.85. The molecule has 0 radical (unpaired) electrons. The van der Waals surface area contributed by atoms with Crippen molar-refractivity contribution in [2.75, 3.05) is 0 Å². The summed E-state index contributed by atoms with van der Waals surface area (Å²) in [5.74, 6) is 0. The Kier molecular flexibility index (Phi) is 1.96. The van der Waals surface area contributed by atoms with Crippen molar-refractivity contribution in [1.29, 1.82) is 0 Å². The van der Waals surface area contributed by atoms with Crippen LogP contribution in [0.15, 0.2) is 48.6 Å². The van der Waals surface area contributed by atoms with Gasteiger partial charge in [0.1, 0.15) is 0 Å². The third-order valence-electron chi connectivity index (χ3n) is 1.70. The number of pyridine rings is 1. The van der Waals surface area contributed by atoms with E-state index in [1.165, 1.54) is 0 Å². The molecule has 1 aromatic carbocycles. The van der Waals surface area contributed by atoms with Crippen LogP contribution in [0.2, 0.25) is 5.02 Å². The summed E-state index contributed by atoms with van der Waals surface area (Å²) in [5.41, 5.74) is 1.54. The Morgan fingerprint density at radius 3 is 2.85 bits per heavy atom. The highest BCUT2D eigenvalue weighted by molar-refractivity contribution is 6.30. The fourth-order valence-corrected chi connectivity index (χ4v) is 1.29. The number of aromatic nitrogens is 1. The molecule has 1 nitrogen and oxygen atoms in total. The molecular weight excluding hydrogens is 182 g/mol. The van der Waals surface area contributed by atoms with Crippen LogP contribution in [0, 0.1) is 0 Å². The summed E-state index contributed by atoms with van der Waals surface area (Å²) in [7, 11) is 0. The summed E-state index contributed by atoms with van der Waals surface area (Å²) in [4.78, 5) is 4.17. The molecule has 64 valence electrons. The minimum atomic E-state index is 0.327. The first kappa shape index (κ1) is 7.10. The Morgan fingerprint density at radius 1 is 1.15 bits per heavy atom. The lowest BCUT2D eigenvalue weighted by Gasteiger charge is -1.99. The first-order valence-electron chi connectivity index (χ1n) is 4.45. The van der Waals surface area contributed by atoms with Crippen LogP contribution in [0.25, 0.3) is 11.3 Å². The molecule has 0 amide bonds.